The van der Waals surface area contributed by atoms with Crippen LogP contribution in [0.2, 0.25) is 0 Å². The lowest BCUT2D eigenvalue weighted by molar-refractivity contribution is 0.0455. The first kappa shape index (κ1) is 15.3. The normalized spacial score (nSPS) is 35.8. The van der Waals surface area contributed by atoms with Gasteiger partial charge in [-0.25, -0.2) is 0 Å². The quantitative estimate of drug-likeness (QED) is 0.717. The molecule has 0 aromatic rings. The van der Waals surface area contributed by atoms with Crippen LogP contribution in [0.4, 0.5) is 0 Å². The Labute approximate surface area is 118 Å². The van der Waals surface area contributed by atoms with Gasteiger partial charge in [0.25, 0.3) is 0 Å². The predicted molar refractivity (Wildman–Crippen MR) is 80.3 cm³/mol. The first-order valence-electron chi connectivity index (χ1n) is 8.31. The molecular weight excluding hydrogens is 236 g/mol. The summed E-state index contributed by atoms with van der Waals surface area (Å²) in [7, 11) is 0. The molecule has 3 heteroatoms. The van der Waals surface area contributed by atoms with Crippen LogP contribution in [0.15, 0.2) is 0 Å². The number of hydrogen-bond acceptors (Lipinski definition) is 3. The number of piperidine rings is 1. The average molecular weight is 268 g/mol. The van der Waals surface area contributed by atoms with Crippen molar-refractivity contribution < 1.29 is 5.11 Å². The summed E-state index contributed by atoms with van der Waals surface area (Å²) in [5, 5.41) is 17.6. The molecule has 1 aliphatic heterocycles. The van der Waals surface area contributed by atoms with Crippen molar-refractivity contribution in [2.45, 2.75) is 82.9 Å². The second-order valence-corrected chi connectivity index (χ2v) is 6.84. The van der Waals surface area contributed by atoms with E-state index >= 15 is 0 Å². The number of hydrogen-bond donors (Lipinski definition) is 3. The lowest BCUT2D eigenvalue weighted by atomic mass is 9.77. The zero-order valence-electron chi connectivity index (χ0n) is 12.8. The highest BCUT2D eigenvalue weighted by atomic mass is 16.3. The van der Waals surface area contributed by atoms with Crippen LogP contribution in [-0.2, 0) is 0 Å². The minimum absolute atomic E-state index is 0.554. The molecule has 0 aromatic heterocycles. The molecule has 0 radical (unpaired) electrons. The van der Waals surface area contributed by atoms with Crippen molar-refractivity contribution >= 4 is 0 Å². The van der Waals surface area contributed by atoms with E-state index in [1.165, 1.54) is 51.5 Å². The monoisotopic (exact) mass is 268 g/mol. The summed E-state index contributed by atoms with van der Waals surface area (Å²) in [6.07, 6.45) is 10.2. The maximum absolute atomic E-state index is 10.2. The molecule has 1 heterocycles. The Hall–Kier alpha value is -0.120. The molecule has 2 aliphatic rings. The Balaban J connectivity index is 1.88. The first-order chi connectivity index (χ1) is 9.12. The summed E-state index contributed by atoms with van der Waals surface area (Å²) >= 11 is 0. The fourth-order valence-corrected chi connectivity index (χ4v) is 3.61. The standard InChI is InChI=1S/C16H32N2O/c1-3-16(2,19)12-18-15-9-5-4-8-13(15)14-10-6-7-11-17-14/h13-15,17-19H,3-12H2,1-2H3. The highest BCUT2D eigenvalue weighted by Crippen LogP contribution is 2.30. The predicted octanol–water partition coefficient (Wildman–Crippen LogP) is 2.44. The van der Waals surface area contributed by atoms with Crippen molar-refractivity contribution in [3.63, 3.8) is 0 Å². The Morgan fingerprint density at radius 3 is 2.58 bits per heavy atom. The van der Waals surface area contributed by atoms with Crippen LogP contribution in [0, 0.1) is 5.92 Å². The van der Waals surface area contributed by atoms with Gasteiger partial charge in [-0.3, -0.25) is 0 Å². The Bertz CT molecular complexity index is 261. The van der Waals surface area contributed by atoms with Gasteiger partial charge in [0.1, 0.15) is 0 Å². The van der Waals surface area contributed by atoms with Crippen LogP contribution < -0.4 is 10.6 Å². The molecular formula is C16H32N2O. The lowest BCUT2D eigenvalue weighted by Gasteiger charge is -2.41. The first-order valence-corrected chi connectivity index (χ1v) is 8.31. The summed E-state index contributed by atoms with van der Waals surface area (Å²) in [6, 6.07) is 1.31. The molecule has 1 aliphatic carbocycles. The van der Waals surface area contributed by atoms with E-state index in [4.69, 9.17) is 0 Å². The van der Waals surface area contributed by atoms with Gasteiger partial charge in [-0.15, -0.1) is 0 Å². The van der Waals surface area contributed by atoms with Gasteiger partial charge < -0.3 is 15.7 Å². The molecule has 112 valence electrons. The molecule has 3 nitrogen and oxygen atoms in total. The Kier molecular flexibility index (Phi) is 5.67. The maximum Gasteiger partial charge on any atom is 0.0741 e. The van der Waals surface area contributed by atoms with Crippen LogP contribution >= 0.6 is 0 Å². The Morgan fingerprint density at radius 1 is 1.16 bits per heavy atom. The van der Waals surface area contributed by atoms with E-state index in [0.717, 1.165) is 18.9 Å². The molecule has 1 saturated carbocycles. The largest absolute Gasteiger partial charge is 0.389 e. The zero-order chi connectivity index (χ0) is 13.7. The molecule has 0 aromatic carbocycles. The molecule has 1 saturated heterocycles. The van der Waals surface area contributed by atoms with E-state index in [1.54, 1.807) is 0 Å². The molecule has 19 heavy (non-hydrogen) atoms. The zero-order valence-corrected chi connectivity index (χ0v) is 12.8. The van der Waals surface area contributed by atoms with Gasteiger partial charge in [0.15, 0.2) is 0 Å². The molecule has 0 amide bonds. The van der Waals surface area contributed by atoms with Crippen LogP contribution in [0.1, 0.15) is 65.2 Å². The summed E-state index contributed by atoms with van der Waals surface area (Å²) in [5.41, 5.74) is -0.554. The third-order valence-electron chi connectivity index (χ3n) is 5.19. The van der Waals surface area contributed by atoms with Crippen molar-refractivity contribution in [2.75, 3.05) is 13.1 Å². The fourth-order valence-electron chi connectivity index (χ4n) is 3.61. The second kappa shape index (κ2) is 7.05. The minimum Gasteiger partial charge on any atom is -0.389 e. The SMILES string of the molecule is CCC(C)(O)CNC1CCCCC1C1CCCCN1. The van der Waals surface area contributed by atoms with Gasteiger partial charge in [-0.2, -0.15) is 0 Å². The number of nitrogens with one attached hydrogen (secondary N) is 2. The summed E-state index contributed by atoms with van der Waals surface area (Å²) in [5.74, 6) is 0.765. The van der Waals surface area contributed by atoms with Gasteiger partial charge in [-0.05, 0) is 51.5 Å². The van der Waals surface area contributed by atoms with E-state index in [0.29, 0.717) is 12.1 Å². The topological polar surface area (TPSA) is 44.3 Å². The minimum atomic E-state index is -0.554. The van der Waals surface area contributed by atoms with Crippen molar-refractivity contribution in [1.29, 1.82) is 0 Å². The van der Waals surface area contributed by atoms with E-state index < -0.39 is 5.60 Å². The van der Waals surface area contributed by atoms with E-state index in [-0.39, 0.29) is 0 Å². The van der Waals surface area contributed by atoms with Gasteiger partial charge in [0.05, 0.1) is 5.60 Å². The smallest absolute Gasteiger partial charge is 0.0741 e. The molecule has 2 fully saturated rings. The lowest BCUT2D eigenvalue weighted by Crippen LogP contribution is -2.53. The molecule has 3 N–H and O–H groups in total. The highest BCUT2D eigenvalue weighted by molar-refractivity contribution is 4.91. The number of rotatable bonds is 5. The van der Waals surface area contributed by atoms with Crippen LogP contribution in [0.5, 0.6) is 0 Å². The van der Waals surface area contributed by atoms with Gasteiger partial charge in [-0.1, -0.05) is 26.2 Å². The van der Waals surface area contributed by atoms with Crippen molar-refractivity contribution in [3.8, 4) is 0 Å². The molecule has 0 bridgehead atoms. The van der Waals surface area contributed by atoms with E-state index in [2.05, 4.69) is 17.6 Å². The van der Waals surface area contributed by atoms with Crippen LogP contribution in [0.3, 0.4) is 0 Å². The highest BCUT2D eigenvalue weighted by Gasteiger charge is 2.33. The van der Waals surface area contributed by atoms with E-state index in [1.807, 2.05) is 6.92 Å². The summed E-state index contributed by atoms with van der Waals surface area (Å²) in [6.45, 7) is 5.93. The maximum atomic E-state index is 10.2. The van der Waals surface area contributed by atoms with Crippen molar-refractivity contribution in [1.82, 2.24) is 10.6 Å². The van der Waals surface area contributed by atoms with Crippen molar-refractivity contribution in [2.24, 2.45) is 5.92 Å². The molecule has 0 spiro atoms. The average Bonchev–Trinajstić information content (AvgIpc) is 2.46. The third kappa shape index (κ3) is 4.44. The van der Waals surface area contributed by atoms with Crippen LogP contribution in [-0.4, -0.2) is 35.9 Å². The fraction of sp³-hybridized carbons (Fsp3) is 1.00. The van der Waals surface area contributed by atoms with Crippen LogP contribution in [0.25, 0.3) is 0 Å². The second-order valence-electron chi connectivity index (χ2n) is 6.84. The molecule has 2 rings (SSSR count). The number of aliphatic hydroxyl groups is 1. The van der Waals surface area contributed by atoms with Gasteiger partial charge >= 0.3 is 0 Å². The van der Waals surface area contributed by atoms with E-state index in [9.17, 15) is 5.11 Å². The Morgan fingerprint density at radius 2 is 1.89 bits per heavy atom. The van der Waals surface area contributed by atoms with Crippen molar-refractivity contribution in [3.05, 3.63) is 0 Å². The molecule has 4 atom stereocenters. The molecule has 4 unspecified atom stereocenters. The summed E-state index contributed by atoms with van der Waals surface area (Å²) < 4.78 is 0. The van der Waals surface area contributed by atoms with Gasteiger partial charge in [0.2, 0.25) is 0 Å². The van der Waals surface area contributed by atoms with Gasteiger partial charge in [0, 0.05) is 18.6 Å². The third-order valence-corrected chi connectivity index (χ3v) is 5.19. The summed E-state index contributed by atoms with van der Waals surface area (Å²) in [4.78, 5) is 0.